The standard InChI is InChI=1S/C6H7.C5H5.C2H7Si.2ClH.Hf/c1-6-4-2-3-5-6;1-2-4-5-3-1;1-3-2;;;/h2,4H,3H2,1H3;1-3H,4H2;3H,1-2H3;2*1H;/q2*-1;;;;. The first-order valence-electron chi connectivity index (χ1n) is 5.01. The van der Waals surface area contributed by atoms with Crippen LogP contribution in [0.3, 0.4) is 0 Å². The van der Waals surface area contributed by atoms with Gasteiger partial charge in [0.15, 0.2) is 0 Å². The third-order valence-corrected chi connectivity index (χ3v) is 1.45. The topological polar surface area (TPSA) is 0 Å². The zero-order valence-corrected chi connectivity index (χ0v) is 17.1. The third kappa shape index (κ3) is 22.3. The van der Waals surface area contributed by atoms with E-state index in [1.54, 1.807) is 0 Å². The Hall–Kier alpha value is 0.627. The summed E-state index contributed by atoms with van der Waals surface area (Å²) < 4.78 is 0. The summed E-state index contributed by atoms with van der Waals surface area (Å²) in [5.74, 6) is 0. The first-order valence-corrected chi connectivity index (χ1v) is 7.32. The van der Waals surface area contributed by atoms with E-state index in [1.165, 1.54) is 5.57 Å². The molecule has 0 aromatic heterocycles. The van der Waals surface area contributed by atoms with Crippen LogP contribution >= 0.6 is 24.8 Å². The van der Waals surface area contributed by atoms with Gasteiger partial charge in [-0.3, -0.25) is 12.2 Å². The molecule has 0 unspecified atom stereocenters. The Morgan fingerprint density at radius 2 is 1.71 bits per heavy atom. The van der Waals surface area contributed by atoms with Crippen molar-refractivity contribution in [2.75, 3.05) is 0 Å². The van der Waals surface area contributed by atoms with Crippen molar-refractivity contribution in [3.05, 3.63) is 48.1 Å². The van der Waals surface area contributed by atoms with Crippen LogP contribution in [0.1, 0.15) is 19.8 Å². The molecular weight excluding hydrogens is 434 g/mol. The molecule has 0 spiro atoms. The quantitative estimate of drug-likeness (QED) is 0.377. The summed E-state index contributed by atoms with van der Waals surface area (Å²) in [5.41, 5.74) is 1.27. The molecule has 2 aliphatic rings. The van der Waals surface area contributed by atoms with Crippen molar-refractivity contribution in [3.8, 4) is 0 Å². The van der Waals surface area contributed by atoms with Crippen LogP contribution in [0.25, 0.3) is 0 Å². The molecular formula is C13H21Cl2HfSi-2. The predicted molar refractivity (Wildman–Crippen MR) is 81.1 cm³/mol. The normalized spacial score (nSPS) is 12.8. The molecule has 2 aliphatic carbocycles. The van der Waals surface area contributed by atoms with Gasteiger partial charge < -0.3 is 0 Å². The van der Waals surface area contributed by atoms with E-state index in [-0.39, 0.29) is 50.7 Å². The fourth-order valence-electron chi connectivity index (χ4n) is 0.855. The first-order chi connectivity index (χ1) is 6.81. The van der Waals surface area contributed by atoms with E-state index in [0.29, 0.717) is 0 Å². The molecule has 1 radical (unpaired) electrons. The van der Waals surface area contributed by atoms with E-state index in [9.17, 15) is 0 Å². The molecule has 97 valence electrons. The summed E-state index contributed by atoms with van der Waals surface area (Å²) in [4.78, 5) is 0. The molecule has 0 aromatic rings. The maximum atomic E-state index is 3.12. The molecule has 2 rings (SSSR count). The summed E-state index contributed by atoms with van der Waals surface area (Å²) in [6, 6.07) is 0. The first kappa shape index (κ1) is 26.2. The Balaban J connectivity index is -0.0000000718. The summed E-state index contributed by atoms with van der Waals surface area (Å²) >= 11 is 0. The summed E-state index contributed by atoms with van der Waals surface area (Å²) in [7, 11) is 0.750. The van der Waals surface area contributed by atoms with Crippen molar-refractivity contribution in [2.45, 2.75) is 32.9 Å². The zero-order valence-electron chi connectivity index (χ0n) is 10.7. The molecule has 0 saturated heterocycles. The minimum atomic E-state index is 0. The van der Waals surface area contributed by atoms with Gasteiger partial charge in [0.1, 0.15) is 0 Å². The van der Waals surface area contributed by atoms with E-state index in [4.69, 9.17) is 0 Å². The smallest absolute Gasteiger partial charge is 0.0213 e. The van der Waals surface area contributed by atoms with Gasteiger partial charge in [0.05, 0.1) is 0 Å². The van der Waals surface area contributed by atoms with Gasteiger partial charge in [-0.05, 0) is 0 Å². The van der Waals surface area contributed by atoms with E-state index >= 15 is 0 Å². The van der Waals surface area contributed by atoms with Gasteiger partial charge in [0, 0.05) is 35.4 Å². The van der Waals surface area contributed by atoms with E-state index in [0.717, 1.165) is 22.4 Å². The van der Waals surface area contributed by atoms with Crippen molar-refractivity contribution in [1.82, 2.24) is 0 Å². The van der Waals surface area contributed by atoms with Gasteiger partial charge in [-0.15, -0.1) is 37.7 Å². The molecule has 0 bridgehead atoms. The number of allylic oxidation sites excluding steroid dienone is 8. The molecule has 0 atom stereocenters. The second kappa shape index (κ2) is 21.9. The van der Waals surface area contributed by atoms with Crippen LogP contribution in [0.15, 0.2) is 36.0 Å². The van der Waals surface area contributed by atoms with Crippen molar-refractivity contribution in [2.24, 2.45) is 0 Å². The maximum Gasteiger partial charge on any atom is 0.0213 e. The number of halogens is 2. The zero-order chi connectivity index (χ0) is 10.6. The number of hydrogen-bond acceptors (Lipinski definition) is 0. The van der Waals surface area contributed by atoms with Crippen molar-refractivity contribution in [3.63, 3.8) is 0 Å². The maximum absolute atomic E-state index is 3.12. The largest absolute Gasteiger partial charge is 0.273 e. The van der Waals surface area contributed by atoms with Gasteiger partial charge in [-0.2, -0.15) is 12.2 Å². The summed E-state index contributed by atoms with van der Waals surface area (Å²) in [6.45, 7) is 6.48. The average Bonchev–Trinajstić information content (AvgIpc) is 2.78. The third-order valence-electron chi connectivity index (χ3n) is 1.45. The Morgan fingerprint density at radius 3 is 1.82 bits per heavy atom. The molecule has 0 N–H and O–H groups in total. The molecule has 0 heterocycles. The molecule has 0 aliphatic heterocycles. The molecule has 0 aromatic carbocycles. The van der Waals surface area contributed by atoms with Crippen molar-refractivity contribution >= 4 is 34.3 Å². The minimum Gasteiger partial charge on any atom is -0.273 e. The van der Waals surface area contributed by atoms with Crippen LogP contribution in [0.4, 0.5) is 0 Å². The van der Waals surface area contributed by atoms with E-state index in [2.05, 4.69) is 50.4 Å². The molecule has 4 heteroatoms. The summed E-state index contributed by atoms with van der Waals surface area (Å²) in [6.07, 6.45) is 18.3. The van der Waals surface area contributed by atoms with E-state index < -0.39 is 0 Å². The van der Waals surface area contributed by atoms with Gasteiger partial charge in [0.25, 0.3) is 0 Å². The molecule has 0 nitrogen and oxygen atoms in total. The van der Waals surface area contributed by atoms with Gasteiger partial charge in [-0.1, -0.05) is 20.0 Å². The average molecular weight is 455 g/mol. The van der Waals surface area contributed by atoms with Crippen LogP contribution in [0, 0.1) is 12.2 Å². The van der Waals surface area contributed by atoms with Crippen LogP contribution < -0.4 is 0 Å². The fraction of sp³-hybridized carbons (Fsp3) is 0.385. The van der Waals surface area contributed by atoms with E-state index in [1.807, 2.05) is 12.2 Å². The predicted octanol–water partition coefficient (Wildman–Crippen LogP) is 4.36. The molecule has 0 fully saturated rings. The Kier molecular flexibility index (Phi) is 33.8. The fourth-order valence-corrected chi connectivity index (χ4v) is 0.855. The number of rotatable bonds is 0. The Labute approximate surface area is 140 Å². The molecule has 17 heavy (non-hydrogen) atoms. The van der Waals surface area contributed by atoms with Crippen LogP contribution in [-0.4, -0.2) is 9.52 Å². The van der Waals surface area contributed by atoms with Crippen molar-refractivity contribution < 1.29 is 25.8 Å². The SMILES string of the molecule is CC1=[C-]CC=C1.C[SiH]C.Cl.Cl.[C-]1=CC=CC1.[Hf]. The number of hydrogen-bond donors (Lipinski definition) is 0. The monoisotopic (exact) mass is 455 g/mol. The van der Waals surface area contributed by atoms with Crippen molar-refractivity contribution in [1.29, 1.82) is 0 Å². The van der Waals surface area contributed by atoms with Gasteiger partial charge in [0.2, 0.25) is 0 Å². The van der Waals surface area contributed by atoms with Crippen LogP contribution in [0.5, 0.6) is 0 Å². The Morgan fingerprint density at radius 1 is 1.12 bits per heavy atom. The van der Waals surface area contributed by atoms with Gasteiger partial charge >= 0.3 is 0 Å². The molecule has 0 amide bonds. The van der Waals surface area contributed by atoms with Crippen LogP contribution in [0.2, 0.25) is 13.1 Å². The van der Waals surface area contributed by atoms with Crippen LogP contribution in [-0.2, 0) is 25.8 Å². The Bertz CT molecular complexity index is 233. The minimum absolute atomic E-state index is 0. The summed E-state index contributed by atoms with van der Waals surface area (Å²) in [5, 5.41) is 0. The second-order valence-electron chi connectivity index (χ2n) is 3.05. The molecule has 0 saturated carbocycles. The van der Waals surface area contributed by atoms with Gasteiger partial charge in [-0.25, -0.2) is 23.8 Å². The second-order valence-corrected chi connectivity index (χ2v) is 4.20.